The van der Waals surface area contributed by atoms with Crippen molar-refractivity contribution in [2.24, 2.45) is 17.8 Å². The molecule has 1 amide bonds. The van der Waals surface area contributed by atoms with E-state index in [0.29, 0.717) is 19.5 Å². The molecular formula is C37H50N2O6. The number of piperidine rings is 1. The molecule has 8 heteroatoms. The van der Waals surface area contributed by atoms with Gasteiger partial charge in [0, 0.05) is 31.8 Å². The summed E-state index contributed by atoms with van der Waals surface area (Å²) in [5.74, 6) is -2.92. The fourth-order valence-corrected chi connectivity index (χ4v) is 4.95. The lowest BCUT2D eigenvalue weighted by atomic mass is 9.71. The highest BCUT2D eigenvalue weighted by Crippen LogP contribution is 2.37. The van der Waals surface area contributed by atoms with Crippen molar-refractivity contribution in [2.75, 3.05) is 13.1 Å². The van der Waals surface area contributed by atoms with Crippen molar-refractivity contribution in [1.82, 2.24) is 10.2 Å². The highest BCUT2D eigenvalue weighted by molar-refractivity contribution is 6.04. The number of esters is 2. The molecule has 8 nitrogen and oxygen atoms in total. The third-order valence-electron chi connectivity index (χ3n) is 7.02. The zero-order chi connectivity index (χ0) is 30.2. The number of cyclic esters (lactones) is 2. The van der Waals surface area contributed by atoms with Crippen LogP contribution in [0.5, 0.6) is 0 Å². The third-order valence-corrected chi connectivity index (χ3v) is 7.02. The molecule has 2 aromatic carbocycles. The number of carbonyl (C=O) groups is 4. The van der Waals surface area contributed by atoms with Gasteiger partial charge in [0.15, 0.2) is 0 Å². The van der Waals surface area contributed by atoms with Gasteiger partial charge >= 0.3 is 17.9 Å². The molecule has 2 aromatic rings. The number of hydrogen-bond acceptors (Lipinski definition) is 6. The molecule has 2 N–H and O–H groups in total. The van der Waals surface area contributed by atoms with E-state index in [9.17, 15) is 24.3 Å². The van der Waals surface area contributed by atoms with Crippen LogP contribution < -0.4 is 5.32 Å². The lowest BCUT2D eigenvalue weighted by molar-refractivity contribution is -0.155. The number of nitrogens with zero attached hydrogens (tertiary/aromatic N) is 1. The van der Waals surface area contributed by atoms with Gasteiger partial charge in [-0.1, -0.05) is 120 Å². The number of carbonyl (C=O) groups excluding carboxylic acids is 3. The summed E-state index contributed by atoms with van der Waals surface area (Å²) in [4.78, 5) is 45.8. The van der Waals surface area contributed by atoms with E-state index >= 15 is 0 Å². The van der Waals surface area contributed by atoms with E-state index in [2.05, 4.69) is 47.0 Å². The maximum Gasteiger partial charge on any atom is 0.338 e. The number of carboxylic acid groups (broad SMARTS) is 1. The number of likely N-dealkylation sites (tertiary alicyclic amines) is 1. The van der Waals surface area contributed by atoms with Crippen molar-refractivity contribution in [3.05, 3.63) is 121 Å². The van der Waals surface area contributed by atoms with Gasteiger partial charge in [0.1, 0.15) is 0 Å². The molecule has 2 heterocycles. The molecule has 0 spiro atoms. The van der Waals surface area contributed by atoms with Crippen LogP contribution in [-0.4, -0.2) is 46.9 Å². The van der Waals surface area contributed by atoms with Crippen LogP contribution in [0.15, 0.2) is 110 Å². The third kappa shape index (κ3) is 13.7. The lowest BCUT2D eigenvalue weighted by Crippen LogP contribution is -2.49. The predicted molar refractivity (Wildman–Crippen MR) is 181 cm³/mol. The van der Waals surface area contributed by atoms with E-state index in [-0.39, 0.29) is 34.1 Å². The van der Waals surface area contributed by atoms with Gasteiger partial charge in [-0.2, -0.15) is 0 Å². The number of rotatable bonds is 9. The quantitative estimate of drug-likeness (QED) is 0.105. The Hall–Kier alpha value is -4.56. The van der Waals surface area contributed by atoms with Crippen molar-refractivity contribution >= 4 is 23.8 Å². The van der Waals surface area contributed by atoms with Crippen molar-refractivity contribution in [1.29, 1.82) is 0 Å². The molecule has 0 bridgehead atoms. The van der Waals surface area contributed by atoms with Crippen molar-refractivity contribution < 1.29 is 29.0 Å². The summed E-state index contributed by atoms with van der Waals surface area (Å²) in [5, 5.41) is 12.7. The molecular weight excluding hydrogens is 568 g/mol. The maximum atomic E-state index is 12.7. The summed E-state index contributed by atoms with van der Waals surface area (Å²) < 4.78 is 3.97. The lowest BCUT2D eigenvalue weighted by Gasteiger charge is -2.40. The summed E-state index contributed by atoms with van der Waals surface area (Å²) in [5.41, 5.74) is 2.42. The number of amides is 1. The molecule has 0 unspecified atom stereocenters. The van der Waals surface area contributed by atoms with Crippen LogP contribution in [0, 0.1) is 17.8 Å². The second kappa shape index (κ2) is 22.0. The van der Waals surface area contributed by atoms with Gasteiger partial charge in [-0.05, 0) is 42.9 Å². The number of carboxylic acids is 1. The van der Waals surface area contributed by atoms with Gasteiger partial charge < -0.3 is 20.1 Å². The molecule has 2 aliphatic heterocycles. The van der Waals surface area contributed by atoms with Crippen molar-refractivity contribution in [2.45, 2.75) is 54.6 Å². The van der Waals surface area contributed by atoms with Crippen LogP contribution in [0.2, 0.25) is 0 Å². The van der Waals surface area contributed by atoms with E-state index in [4.69, 9.17) is 0 Å². The number of ether oxygens (including phenoxy) is 1. The number of hydrogen-bond donors (Lipinski definition) is 2. The van der Waals surface area contributed by atoms with E-state index in [1.165, 1.54) is 5.56 Å². The van der Waals surface area contributed by atoms with Crippen LogP contribution in [0.4, 0.5) is 0 Å². The van der Waals surface area contributed by atoms with Crippen LogP contribution in [0.1, 0.15) is 52.7 Å². The van der Waals surface area contributed by atoms with E-state index in [1.54, 1.807) is 6.08 Å². The van der Waals surface area contributed by atoms with E-state index in [1.807, 2.05) is 59.5 Å². The molecule has 3 aliphatic rings. The van der Waals surface area contributed by atoms with Crippen LogP contribution in [0.3, 0.4) is 0 Å². The van der Waals surface area contributed by atoms with Crippen LogP contribution in [0.25, 0.3) is 0 Å². The Balaban J connectivity index is 0.000000701. The Morgan fingerprint density at radius 1 is 0.956 bits per heavy atom. The van der Waals surface area contributed by atoms with E-state index in [0.717, 1.165) is 43.6 Å². The largest absolute Gasteiger partial charge is 0.481 e. The Kier molecular flexibility index (Phi) is 19.8. The van der Waals surface area contributed by atoms with Gasteiger partial charge in [0.25, 0.3) is 0 Å². The minimum atomic E-state index is -0.857. The predicted octanol–water partition coefficient (Wildman–Crippen LogP) is 6.75. The summed E-state index contributed by atoms with van der Waals surface area (Å²) in [6.45, 7) is 6.85. The zero-order valence-corrected chi connectivity index (χ0v) is 23.6. The monoisotopic (exact) mass is 618 g/mol. The molecule has 5 rings (SSSR count). The fraction of sp³-hybridized carbons (Fsp3) is 0.351. The molecule has 45 heavy (non-hydrogen) atoms. The normalized spacial score (nSPS) is 19.2. The fourth-order valence-electron chi connectivity index (χ4n) is 4.95. The number of benzene rings is 2. The average Bonchev–Trinajstić information content (AvgIpc) is 3.39. The SMILES string of the molecule is C.C.C.C=C/C=C/CCNCc1ccccc1.O=C(O)[C@H]1CC=C[C@H]2CCN(Cc3ccccc3)C(=O)[C@@H]12.O=C1C=CC(=O)O1. The van der Waals surface area contributed by atoms with Gasteiger partial charge in [-0.3, -0.25) is 9.59 Å². The summed E-state index contributed by atoms with van der Waals surface area (Å²) in [6.07, 6.45) is 14.4. The van der Waals surface area contributed by atoms with Crippen molar-refractivity contribution in [3.63, 3.8) is 0 Å². The Bertz CT molecular complexity index is 1270. The van der Waals surface area contributed by atoms with Crippen LogP contribution >= 0.6 is 0 Å². The smallest absolute Gasteiger partial charge is 0.338 e. The number of aliphatic carboxylic acids is 1. The summed E-state index contributed by atoms with van der Waals surface area (Å²) in [7, 11) is 0. The summed E-state index contributed by atoms with van der Waals surface area (Å²) >= 11 is 0. The molecule has 244 valence electrons. The van der Waals surface area contributed by atoms with E-state index < -0.39 is 29.7 Å². The van der Waals surface area contributed by atoms with Gasteiger partial charge in [0.05, 0.1) is 11.8 Å². The first-order valence-corrected chi connectivity index (χ1v) is 14.1. The second-order valence-corrected chi connectivity index (χ2v) is 10.0. The highest BCUT2D eigenvalue weighted by Gasteiger charge is 2.44. The van der Waals surface area contributed by atoms with Gasteiger partial charge in [0.2, 0.25) is 5.91 Å². The first-order valence-electron chi connectivity index (χ1n) is 14.1. The van der Waals surface area contributed by atoms with Gasteiger partial charge in [-0.15, -0.1) is 0 Å². The molecule has 0 aromatic heterocycles. The minimum absolute atomic E-state index is 0. The maximum absolute atomic E-state index is 12.7. The van der Waals surface area contributed by atoms with Gasteiger partial charge in [-0.25, -0.2) is 9.59 Å². The Morgan fingerprint density at radius 2 is 1.56 bits per heavy atom. The topological polar surface area (TPSA) is 113 Å². The van der Waals surface area contributed by atoms with Crippen LogP contribution in [-0.2, 0) is 37.0 Å². The minimum Gasteiger partial charge on any atom is -0.481 e. The standard InChI is InChI=1S/C17H19NO3.C13H17N.C4H2O3.3CH4/c19-16-15-13(7-4-8-14(15)17(20)21)9-10-18(16)11-12-5-2-1-3-6-12;1-2-3-4-8-11-14-12-13-9-6-5-7-10-13;5-3-1-2-4(6)7-3;;;/h1-7,13-15H,8-11H2,(H,20,21);2-7,9-10,14H,1,8,11-12H2;1-2H;3*1H4/b;4-3+;;;;/t13-,14-,15+;;;;;/m0...../s1. The highest BCUT2D eigenvalue weighted by atomic mass is 16.6. The Morgan fingerprint density at radius 3 is 2.09 bits per heavy atom. The molecule has 3 atom stereocenters. The molecule has 1 aliphatic carbocycles. The number of fused-ring (bicyclic) bond motifs is 1. The zero-order valence-electron chi connectivity index (χ0n) is 23.6. The second-order valence-electron chi connectivity index (χ2n) is 10.0. The number of allylic oxidation sites excluding steroid dienone is 4. The van der Waals surface area contributed by atoms with Crippen molar-refractivity contribution in [3.8, 4) is 0 Å². The first kappa shape index (κ1) is 40.4. The molecule has 0 saturated carbocycles. The number of nitrogens with one attached hydrogen (secondary N) is 1. The Labute approximate surface area is 269 Å². The average molecular weight is 619 g/mol. The first-order chi connectivity index (χ1) is 20.4. The molecule has 0 radical (unpaired) electrons. The summed E-state index contributed by atoms with van der Waals surface area (Å²) in [6, 6.07) is 20.3. The molecule has 1 saturated heterocycles. The molecule has 1 fully saturated rings.